The van der Waals surface area contributed by atoms with E-state index in [0.717, 1.165) is 18.4 Å². The summed E-state index contributed by atoms with van der Waals surface area (Å²) in [7, 11) is 0. The van der Waals surface area contributed by atoms with Gasteiger partial charge < -0.3 is 72.4 Å². The number of aliphatic hydroxyl groups excluding tert-OH is 11. The molecule has 0 saturated carbocycles. The van der Waals surface area contributed by atoms with E-state index in [-0.39, 0.29) is 43.5 Å². The Kier molecular flexibility index (Phi) is 32.0. The molecule has 0 aliphatic carbocycles. The second-order valence-corrected chi connectivity index (χ2v) is 19.9. The number of cyclic esters (lactones) is 1. The molecule has 16 atom stereocenters. The number of allylic oxidation sites excluding steroid dienone is 1. The van der Waals surface area contributed by atoms with Crippen LogP contribution in [0.15, 0.2) is 28.3 Å². The van der Waals surface area contributed by atoms with Crippen LogP contribution in [0, 0.1) is 23.7 Å². The molecule has 0 spiro atoms. The summed E-state index contributed by atoms with van der Waals surface area (Å²) in [6.45, 7) is 11.5. The Morgan fingerprint density at radius 3 is 1.82 bits per heavy atom. The zero-order valence-electron chi connectivity index (χ0n) is 41.3. The number of hydrogen-bond acceptors (Lipinski definition) is 14. The van der Waals surface area contributed by atoms with Gasteiger partial charge in [-0.25, -0.2) is 0 Å². The molecule has 1 heterocycles. The van der Waals surface area contributed by atoms with Gasteiger partial charge in [0, 0.05) is 24.8 Å². The van der Waals surface area contributed by atoms with Crippen LogP contribution in [0.5, 0.6) is 0 Å². The first-order valence-electron chi connectivity index (χ1n) is 25.2. The Hall–Kier alpha value is -2.22. The number of esters is 1. The number of hydrogen-bond donors (Lipinski definition) is 13. The van der Waals surface area contributed by atoms with Crippen molar-refractivity contribution in [1.82, 2.24) is 0 Å². The molecule has 15 N–H and O–H groups in total. The Labute approximate surface area is 396 Å². The minimum absolute atomic E-state index is 0.0367. The van der Waals surface area contributed by atoms with Crippen LogP contribution in [-0.4, -0.2) is 148 Å². The average molecular weight is 946 g/mol. The molecule has 0 fully saturated rings. The lowest BCUT2D eigenvalue weighted by Gasteiger charge is -2.33. The van der Waals surface area contributed by atoms with Crippen LogP contribution in [0.3, 0.4) is 0 Å². The van der Waals surface area contributed by atoms with Gasteiger partial charge in [-0.1, -0.05) is 64.7 Å². The normalized spacial score (nSPS) is 36.7. The standard InChI is InChI=1S/C50H95N3O13/c1-7-8-19-42-48(64)32(3)22-23-37(55)17-11-16-36(54)18-12-20-43(60)33(4)26-44(61)45(62)30-41(59)29-40(58)28-39(57)27-38(56)15-10-9-14-31(2)25-34(5)47(63)35(6)46(66-49(42)65)21-13-24-53-50(51)52/h25-26,32,34-48,54-64H,7-24,27-30H2,1-6H3,(H4,51,52,53). The molecular formula is C50H95N3O13. The third-order valence-electron chi connectivity index (χ3n) is 13.5. The van der Waals surface area contributed by atoms with Crippen molar-refractivity contribution in [2.45, 2.75) is 250 Å². The van der Waals surface area contributed by atoms with Crippen molar-refractivity contribution in [3.8, 4) is 0 Å². The minimum Gasteiger partial charge on any atom is -0.462 e. The van der Waals surface area contributed by atoms with Crippen molar-refractivity contribution in [3.05, 3.63) is 23.3 Å². The van der Waals surface area contributed by atoms with Crippen LogP contribution in [0.25, 0.3) is 0 Å². The highest BCUT2D eigenvalue weighted by molar-refractivity contribution is 5.75. The Morgan fingerprint density at radius 1 is 0.652 bits per heavy atom. The molecule has 0 bridgehead atoms. The molecule has 0 aromatic carbocycles. The van der Waals surface area contributed by atoms with Gasteiger partial charge in [-0.3, -0.25) is 9.79 Å². The van der Waals surface area contributed by atoms with Gasteiger partial charge in [-0.2, -0.15) is 0 Å². The molecule has 1 rings (SSSR count). The van der Waals surface area contributed by atoms with Gasteiger partial charge in [0.15, 0.2) is 5.96 Å². The van der Waals surface area contributed by atoms with Crippen molar-refractivity contribution in [3.63, 3.8) is 0 Å². The van der Waals surface area contributed by atoms with Crippen molar-refractivity contribution < 1.29 is 65.7 Å². The summed E-state index contributed by atoms with van der Waals surface area (Å²) < 4.78 is 6.20. The summed E-state index contributed by atoms with van der Waals surface area (Å²) in [5.74, 6) is -2.49. The van der Waals surface area contributed by atoms with E-state index in [1.165, 1.54) is 6.08 Å². The monoisotopic (exact) mass is 946 g/mol. The molecule has 0 aromatic heterocycles. The highest BCUT2D eigenvalue weighted by Crippen LogP contribution is 2.30. The third-order valence-corrected chi connectivity index (χ3v) is 13.5. The molecule has 16 heteroatoms. The van der Waals surface area contributed by atoms with Crippen molar-refractivity contribution in [1.29, 1.82) is 0 Å². The molecule has 0 amide bonds. The van der Waals surface area contributed by atoms with Crippen LogP contribution in [0.1, 0.15) is 176 Å². The number of carbonyl (C=O) groups excluding carboxylic acids is 1. The van der Waals surface area contributed by atoms with Gasteiger partial charge in [0.2, 0.25) is 0 Å². The number of ether oxygens (including phenoxy) is 1. The Morgan fingerprint density at radius 2 is 1.21 bits per heavy atom. The van der Waals surface area contributed by atoms with E-state index in [1.54, 1.807) is 6.92 Å². The zero-order valence-corrected chi connectivity index (χ0v) is 41.3. The van der Waals surface area contributed by atoms with E-state index in [2.05, 4.69) is 4.99 Å². The first-order valence-corrected chi connectivity index (χ1v) is 25.2. The third kappa shape index (κ3) is 26.5. The number of aliphatic imine (C=N–C) groups is 1. The maximum Gasteiger partial charge on any atom is 0.311 e. The second-order valence-electron chi connectivity index (χ2n) is 19.9. The predicted octanol–water partition coefficient (Wildman–Crippen LogP) is 3.78. The fourth-order valence-electron chi connectivity index (χ4n) is 9.06. The number of guanidine groups is 1. The second kappa shape index (κ2) is 34.1. The van der Waals surface area contributed by atoms with E-state index in [0.29, 0.717) is 108 Å². The number of aliphatic hydroxyl groups is 11. The Balaban J connectivity index is 3.22. The fraction of sp³-hybridized carbons (Fsp3) is 0.880. The van der Waals surface area contributed by atoms with Crippen molar-refractivity contribution >= 4 is 11.9 Å². The van der Waals surface area contributed by atoms with Gasteiger partial charge in [0.1, 0.15) is 6.10 Å². The van der Waals surface area contributed by atoms with E-state index >= 15 is 0 Å². The van der Waals surface area contributed by atoms with E-state index in [4.69, 9.17) is 16.2 Å². The molecule has 0 saturated heterocycles. The van der Waals surface area contributed by atoms with Crippen LogP contribution >= 0.6 is 0 Å². The van der Waals surface area contributed by atoms with E-state index in [1.807, 2.05) is 40.7 Å². The topological polar surface area (TPSA) is 313 Å². The molecule has 66 heavy (non-hydrogen) atoms. The molecule has 16 nitrogen and oxygen atoms in total. The summed E-state index contributed by atoms with van der Waals surface area (Å²) in [5.41, 5.74) is 12.6. The smallest absolute Gasteiger partial charge is 0.311 e. The van der Waals surface area contributed by atoms with Crippen LogP contribution in [0.4, 0.5) is 0 Å². The van der Waals surface area contributed by atoms with Gasteiger partial charge in [0.25, 0.3) is 0 Å². The lowest BCUT2D eigenvalue weighted by molar-refractivity contribution is -0.165. The largest absolute Gasteiger partial charge is 0.462 e. The molecule has 1 aliphatic heterocycles. The molecule has 0 radical (unpaired) electrons. The van der Waals surface area contributed by atoms with Crippen LogP contribution in [-0.2, 0) is 9.53 Å². The molecule has 1 aliphatic rings. The number of nitrogens with zero attached hydrogens (tertiary/aromatic N) is 1. The van der Waals surface area contributed by atoms with E-state index in [9.17, 15) is 61.0 Å². The van der Waals surface area contributed by atoms with Gasteiger partial charge in [-0.05, 0) is 134 Å². The number of nitrogens with two attached hydrogens (primary N) is 2. The average Bonchev–Trinajstić information content (AvgIpc) is 3.23. The van der Waals surface area contributed by atoms with E-state index < -0.39 is 91.1 Å². The minimum atomic E-state index is -1.38. The predicted molar refractivity (Wildman–Crippen MR) is 258 cm³/mol. The molecular weight excluding hydrogens is 851 g/mol. The lowest BCUT2D eigenvalue weighted by Crippen LogP contribution is -2.41. The summed E-state index contributed by atoms with van der Waals surface area (Å²) in [4.78, 5) is 18.1. The van der Waals surface area contributed by atoms with Gasteiger partial charge in [-0.15, -0.1) is 0 Å². The summed E-state index contributed by atoms with van der Waals surface area (Å²) in [5, 5.41) is 119. The number of carbonyl (C=O) groups is 1. The maximum atomic E-state index is 14.0. The summed E-state index contributed by atoms with van der Waals surface area (Å²) >= 11 is 0. The highest BCUT2D eigenvalue weighted by atomic mass is 16.5. The molecule has 16 unspecified atom stereocenters. The lowest BCUT2D eigenvalue weighted by atomic mass is 9.84. The number of unbranched alkanes of at least 4 members (excludes halogenated alkanes) is 1. The Bertz CT molecular complexity index is 1380. The fourth-order valence-corrected chi connectivity index (χ4v) is 9.06. The summed E-state index contributed by atoms with van der Waals surface area (Å²) in [6.07, 6.45) is 0.00386. The van der Waals surface area contributed by atoms with Crippen molar-refractivity contribution in [2.24, 2.45) is 40.1 Å². The van der Waals surface area contributed by atoms with Gasteiger partial charge >= 0.3 is 5.97 Å². The first-order chi connectivity index (χ1) is 31.0. The molecule has 388 valence electrons. The quantitative estimate of drug-likeness (QED) is 0.0568. The van der Waals surface area contributed by atoms with Crippen LogP contribution < -0.4 is 11.5 Å². The van der Waals surface area contributed by atoms with Crippen molar-refractivity contribution in [2.75, 3.05) is 6.54 Å². The maximum absolute atomic E-state index is 14.0. The number of rotatable bonds is 7. The molecule has 0 aromatic rings. The summed E-state index contributed by atoms with van der Waals surface area (Å²) in [6, 6.07) is 0. The van der Waals surface area contributed by atoms with Gasteiger partial charge in [0.05, 0.1) is 73.1 Å². The zero-order chi connectivity index (χ0) is 49.9. The SMILES string of the molecule is CCCCC1C(=O)OC(CCCN=C(N)N)C(C)C(O)C(C)C=C(C)CCCCC(O)CC(O)CC(O)CC(O)CC(O)C(O)C=C(C)C(O)CCCC(O)CCCC(O)CCC(C)C1O. The van der Waals surface area contributed by atoms with Crippen LogP contribution in [0.2, 0.25) is 0 Å². The highest BCUT2D eigenvalue weighted by Gasteiger charge is 2.36. The first kappa shape index (κ1) is 61.8.